The van der Waals surface area contributed by atoms with Crippen LogP contribution in [0.2, 0.25) is 0 Å². The summed E-state index contributed by atoms with van der Waals surface area (Å²) in [5.41, 5.74) is 4.78. The number of benzene rings is 3. The van der Waals surface area contributed by atoms with Gasteiger partial charge in [0, 0.05) is 17.2 Å². The van der Waals surface area contributed by atoms with E-state index >= 15 is 0 Å². The molecule has 0 saturated heterocycles. The number of rotatable bonds is 3. The maximum atomic E-state index is 12.6. The van der Waals surface area contributed by atoms with Crippen molar-refractivity contribution in [1.82, 2.24) is 0 Å². The third kappa shape index (κ3) is 3.70. The molecular weight excluding hydrogens is 378 g/mol. The first kappa shape index (κ1) is 19.5. The number of aryl methyl sites for hydroxylation is 3. The molecule has 0 atom stereocenters. The van der Waals surface area contributed by atoms with Crippen molar-refractivity contribution in [1.29, 1.82) is 0 Å². The fraction of sp³-hybridized carbons (Fsp3) is 0.120. The van der Waals surface area contributed by atoms with Gasteiger partial charge in [-0.1, -0.05) is 24.3 Å². The Labute approximate surface area is 173 Å². The molecule has 0 fully saturated rings. The summed E-state index contributed by atoms with van der Waals surface area (Å²) in [5, 5.41) is 13.2. The van der Waals surface area contributed by atoms with E-state index in [2.05, 4.69) is 5.32 Å². The average Bonchev–Trinajstić information content (AvgIpc) is 2.71. The number of hydrogen-bond donors (Lipinski definition) is 2. The monoisotopic (exact) mass is 399 g/mol. The highest BCUT2D eigenvalue weighted by Gasteiger charge is 2.12. The number of phenolic OH excluding ortho intramolecular Hbond substituents is 1. The fourth-order valence-electron chi connectivity index (χ4n) is 3.48. The predicted molar refractivity (Wildman–Crippen MR) is 118 cm³/mol. The third-order valence-corrected chi connectivity index (χ3v) is 4.99. The average molecular weight is 399 g/mol. The van der Waals surface area contributed by atoms with Crippen LogP contribution in [0.15, 0.2) is 69.9 Å². The first-order chi connectivity index (χ1) is 14.3. The van der Waals surface area contributed by atoms with Crippen LogP contribution in [0.25, 0.3) is 22.3 Å². The Morgan fingerprint density at radius 1 is 0.900 bits per heavy atom. The summed E-state index contributed by atoms with van der Waals surface area (Å²) in [6.45, 7) is 5.74. The minimum absolute atomic E-state index is 0.00844. The molecule has 5 nitrogen and oxygen atoms in total. The highest BCUT2D eigenvalue weighted by Crippen LogP contribution is 2.27. The zero-order chi connectivity index (χ0) is 21.4. The highest BCUT2D eigenvalue weighted by atomic mass is 16.3. The van der Waals surface area contributed by atoms with Gasteiger partial charge in [-0.3, -0.25) is 9.59 Å². The maximum absolute atomic E-state index is 12.6. The lowest BCUT2D eigenvalue weighted by Gasteiger charge is -2.09. The van der Waals surface area contributed by atoms with Crippen LogP contribution in [0.4, 0.5) is 5.69 Å². The van der Waals surface area contributed by atoms with Gasteiger partial charge in [0.25, 0.3) is 5.91 Å². The number of hydrogen-bond acceptors (Lipinski definition) is 4. The molecule has 150 valence electrons. The SMILES string of the molecule is Cc1ccc(O)c(NC(=O)c2ccc(-c3cc(=O)c4cc(C)cc(C)c4o3)cc2)c1. The summed E-state index contributed by atoms with van der Waals surface area (Å²) in [4.78, 5) is 25.1. The first-order valence-electron chi connectivity index (χ1n) is 9.58. The molecule has 2 N–H and O–H groups in total. The van der Waals surface area contributed by atoms with Crippen LogP contribution >= 0.6 is 0 Å². The molecular formula is C25H21NO4. The van der Waals surface area contributed by atoms with E-state index in [0.717, 1.165) is 16.7 Å². The fourth-order valence-corrected chi connectivity index (χ4v) is 3.48. The Morgan fingerprint density at radius 2 is 1.63 bits per heavy atom. The molecule has 1 amide bonds. The van der Waals surface area contributed by atoms with Crippen molar-refractivity contribution in [2.75, 3.05) is 5.32 Å². The highest BCUT2D eigenvalue weighted by molar-refractivity contribution is 6.05. The van der Waals surface area contributed by atoms with E-state index in [0.29, 0.717) is 33.5 Å². The van der Waals surface area contributed by atoms with E-state index in [9.17, 15) is 14.7 Å². The Hall–Kier alpha value is -3.86. The van der Waals surface area contributed by atoms with E-state index in [4.69, 9.17) is 4.42 Å². The summed E-state index contributed by atoms with van der Waals surface area (Å²) in [5.74, 6) is 0.116. The van der Waals surface area contributed by atoms with Gasteiger partial charge in [-0.15, -0.1) is 0 Å². The van der Waals surface area contributed by atoms with Gasteiger partial charge < -0.3 is 14.8 Å². The van der Waals surface area contributed by atoms with Gasteiger partial charge in [-0.25, -0.2) is 0 Å². The number of phenols is 1. The first-order valence-corrected chi connectivity index (χ1v) is 9.58. The van der Waals surface area contributed by atoms with Crippen LogP contribution in [0.5, 0.6) is 5.75 Å². The van der Waals surface area contributed by atoms with Crippen molar-refractivity contribution in [2.24, 2.45) is 0 Å². The number of amides is 1. The van der Waals surface area contributed by atoms with Gasteiger partial charge >= 0.3 is 0 Å². The lowest BCUT2D eigenvalue weighted by molar-refractivity contribution is 0.102. The quantitative estimate of drug-likeness (QED) is 0.456. The van der Waals surface area contributed by atoms with Crippen LogP contribution in [0, 0.1) is 20.8 Å². The third-order valence-electron chi connectivity index (χ3n) is 4.99. The minimum atomic E-state index is -0.339. The number of aromatic hydroxyl groups is 1. The molecule has 4 aromatic rings. The minimum Gasteiger partial charge on any atom is -0.506 e. The van der Waals surface area contributed by atoms with Crippen LogP contribution in [-0.4, -0.2) is 11.0 Å². The van der Waals surface area contributed by atoms with Crippen LogP contribution in [-0.2, 0) is 0 Å². The van der Waals surface area contributed by atoms with Gasteiger partial charge in [0.05, 0.1) is 11.1 Å². The van der Waals surface area contributed by atoms with Crippen LogP contribution in [0.1, 0.15) is 27.0 Å². The lowest BCUT2D eigenvalue weighted by atomic mass is 10.1. The maximum Gasteiger partial charge on any atom is 0.255 e. The van der Waals surface area contributed by atoms with E-state index in [1.807, 2.05) is 32.9 Å². The Kier molecular flexibility index (Phi) is 4.88. The second-order valence-corrected chi connectivity index (χ2v) is 7.49. The van der Waals surface area contributed by atoms with Gasteiger partial charge in [0.15, 0.2) is 5.43 Å². The smallest absolute Gasteiger partial charge is 0.255 e. The molecule has 0 saturated carbocycles. The Morgan fingerprint density at radius 3 is 2.37 bits per heavy atom. The van der Waals surface area contributed by atoms with E-state index in [-0.39, 0.29) is 17.1 Å². The van der Waals surface area contributed by atoms with Crippen LogP contribution < -0.4 is 10.7 Å². The van der Waals surface area contributed by atoms with Crippen LogP contribution in [0.3, 0.4) is 0 Å². The molecule has 0 radical (unpaired) electrons. The normalized spacial score (nSPS) is 10.9. The van der Waals surface area contributed by atoms with Crippen molar-refractivity contribution < 1.29 is 14.3 Å². The number of nitrogens with one attached hydrogen (secondary N) is 1. The molecule has 0 spiro atoms. The number of carbonyl (C=O) groups excluding carboxylic acids is 1. The molecule has 0 aliphatic carbocycles. The van der Waals surface area contributed by atoms with Crippen molar-refractivity contribution in [3.63, 3.8) is 0 Å². The lowest BCUT2D eigenvalue weighted by Crippen LogP contribution is -2.12. The summed E-state index contributed by atoms with van der Waals surface area (Å²) in [6.07, 6.45) is 0. The molecule has 3 aromatic carbocycles. The summed E-state index contributed by atoms with van der Waals surface area (Å²) in [7, 11) is 0. The zero-order valence-electron chi connectivity index (χ0n) is 16.9. The molecule has 30 heavy (non-hydrogen) atoms. The summed E-state index contributed by atoms with van der Waals surface area (Å²) < 4.78 is 6.01. The largest absolute Gasteiger partial charge is 0.506 e. The van der Waals surface area contributed by atoms with Crippen molar-refractivity contribution in [3.05, 3.63) is 93.1 Å². The standard InChI is InChI=1S/C25H21NO4/c1-14-4-9-21(27)20(12-14)26-25(29)18-7-5-17(6-8-18)23-13-22(28)19-11-15(2)10-16(3)24(19)30-23/h4-13,27H,1-3H3,(H,26,29). The van der Waals surface area contributed by atoms with E-state index < -0.39 is 0 Å². The summed E-state index contributed by atoms with van der Waals surface area (Å²) in [6, 6.07) is 17.1. The molecule has 5 heteroatoms. The number of anilines is 1. The molecule has 0 aliphatic heterocycles. The molecule has 0 aliphatic rings. The van der Waals surface area contributed by atoms with Gasteiger partial charge in [-0.2, -0.15) is 0 Å². The molecule has 1 heterocycles. The van der Waals surface area contributed by atoms with Gasteiger partial charge in [0.1, 0.15) is 17.1 Å². The molecule has 0 bridgehead atoms. The van der Waals surface area contributed by atoms with Gasteiger partial charge in [-0.05, 0) is 67.8 Å². The Balaban J connectivity index is 1.64. The molecule has 1 aromatic heterocycles. The second kappa shape index (κ2) is 7.52. The van der Waals surface area contributed by atoms with Crippen molar-refractivity contribution in [2.45, 2.75) is 20.8 Å². The van der Waals surface area contributed by atoms with Crippen molar-refractivity contribution >= 4 is 22.6 Å². The molecule has 4 rings (SSSR count). The molecule has 0 unspecified atom stereocenters. The number of carbonyl (C=O) groups is 1. The topological polar surface area (TPSA) is 79.5 Å². The second-order valence-electron chi connectivity index (χ2n) is 7.49. The van der Waals surface area contributed by atoms with E-state index in [1.165, 1.54) is 6.07 Å². The Bertz CT molecular complexity index is 1330. The number of fused-ring (bicyclic) bond motifs is 1. The zero-order valence-corrected chi connectivity index (χ0v) is 16.9. The van der Waals surface area contributed by atoms with Gasteiger partial charge in [0.2, 0.25) is 0 Å². The van der Waals surface area contributed by atoms with Crippen molar-refractivity contribution in [3.8, 4) is 17.1 Å². The predicted octanol–water partition coefficient (Wildman–Crippen LogP) is 5.34. The van der Waals surface area contributed by atoms with E-state index in [1.54, 1.807) is 42.5 Å². The summed E-state index contributed by atoms with van der Waals surface area (Å²) >= 11 is 0.